The van der Waals surface area contributed by atoms with Crippen LogP contribution in [0.1, 0.15) is 24.1 Å². The Morgan fingerprint density at radius 2 is 2.08 bits per heavy atom. The first-order valence-corrected chi connectivity index (χ1v) is 13.7. The van der Waals surface area contributed by atoms with Crippen molar-refractivity contribution >= 4 is 16.9 Å². The number of rotatable bonds is 8. The van der Waals surface area contributed by atoms with Gasteiger partial charge in [-0.2, -0.15) is 0 Å². The van der Waals surface area contributed by atoms with Crippen molar-refractivity contribution in [3.05, 3.63) is 54.4 Å². The number of aryl methyl sites for hydroxylation is 1. The van der Waals surface area contributed by atoms with Gasteiger partial charge >= 0.3 is 0 Å². The van der Waals surface area contributed by atoms with Gasteiger partial charge in [0.1, 0.15) is 30.0 Å². The van der Waals surface area contributed by atoms with Gasteiger partial charge in [-0.05, 0) is 43.5 Å². The van der Waals surface area contributed by atoms with Gasteiger partial charge < -0.3 is 28.7 Å². The largest absolute Gasteiger partial charge is 0.497 e. The van der Waals surface area contributed by atoms with E-state index in [9.17, 15) is 4.79 Å². The number of amides is 1. The zero-order valence-electron chi connectivity index (χ0n) is 23.2. The molecule has 40 heavy (non-hydrogen) atoms. The molecule has 2 aliphatic rings. The number of nitrogens with zero attached hydrogens (tertiary/aromatic N) is 6. The summed E-state index contributed by atoms with van der Waals surface area (Å²) in [4.78, 5) is 35.6. The Balaban J connectivity index is 1.29. The molecule has 2 atom stereocenters. The van der Waals surface area contributed by atoms with E-state index in [4.69, 9.17) is 19.2 Å². The molecule has 2 fully saturated rings. The predicted molar refractivity (Wildman–Crippen MR) is 149 cm³/mol. The molecule has 11 heteroatoms. The summed E-state index contributed by atoms with van der Waals surface area (Å²) in [5, 5.41) is 0. The smallest absolute Gasteiger partial charge is 0.243 e. The van der Waals surface area contributed by atoms with E-state index in [1.54, 1.807) is 26.6 Å². The first-order valence-electron chi connectivity index (χ1n) is 13.7. The van der Waals surface area contributed by atoms with Crippen LogP contribution in [0.15, 0.2) is 42.7 Å². The Bertz CT molecular complexity index is 1490. The van der Waals surface area contributed by atoms with Crippen LogP contribution in [0.5, 0.6) is 11.6 Å². The Labute approximate surface area is 233 Å². The van der Waals surface area contributed by atoms with Gasteiger partial charge in [0, 0.05) is 45.0 Å². The van der Waals surface area contributed by atoms with Gasteiger partial charge in [-0.1, -0.05) is 0 Å². The van der Waals surface area contributed by atoms with Crippen LogP contribution < -0.4 is 9.47 Å². The molecule has 6 rings (SSSR count). The molecule has 1 N–H and O–H groups in total. The van der Waals surface area contributed by atoms with E-state index < -0.39 is 0 Å². The molecular formula is C29H35N7O4. The lowest BCUT2D eigenvalue weighted by molar-refractivity contribution is -0.137. The summed E-state index contributed by atoms with van der Waals surface area (Å²) in [7, 11) is 3.24. The minimum Gasteiger partial charge on any atom is -0.497 e. The fourth-order valence-electron chi connectivity index (χ4n) is 5.81. The molecule has 0 spiro atoms. The van der Waals surface area contributed by atoms with Crippen molar-refractivity contribution in [1.82, 2.24) is 34.3 Å². The number of aromatic nitrogens is 5. The summed E-state index contributed by atoms with van der Waals surface area (Å²) >= 11 is 0. The molecule has 0 bridgehead atoms. The predicted octanol–water partition coefficient (Wildman–Crippen LogP) is 3.07. The van der Waals surface area contributed by atoms with Crippen LogP contribution in [0.2, 0.25) is 0 Å². The second kappa shape index (κ2) is 11.3. The van der Waals surface area contributed by atoms with Gasteiger partial charge in [-0.15, -0.1) is 0 Å². The molecule has 4 aromatic rings. The molecule has 1 aromatic carbocycles. The highest BCUT2D eigenvalue weighted by atomic mass is 16.5. The Kier molecular flexibility index (Phi) is 7.40. The lowest BCUT2D eigenvalue weighted by Crippen LogP contribution is -2.52. The maximum atomic E-state index is 14.0. The third kappa shape index (κ3) is 5.14. The number of H-pyrrole nitrogens is 1. The first-order chi connectivity index (χ1) is 19.5. The van der Waals surface area contributed by atoms with Crippen LogP contribution in [0.25, 0.3) is 22.3 Å². The van der Waals surface area contributed by atoms with E-state index in [2.05, 4.69) is 19.9 Å². The number of fused-ring (bicyclic) bond motifs is 1. The third-order valence-electron chi connectivity index (χ3n) is 7.93. The molecule has 1 amide bonds. The maximum Gasteiger partial charge on any atom is 0.243 e. The molecule has 5 heterocycles. The molecule has 1 unspecified atom stereocenters. The van der Waals surface area contributed by atoms with Crippen molar-refractivity contribution in [3.8, 4) is 22.9 Å². The van der Waals surface area contributed by atoms with Crippen LogP contribution in [0.4, 0.5) is 0 Å². The number of ether oxygens (including phenoxy) is 3. The highest BCUT2D eigenvalue weighted by molar-refractivity contribution is 5.82. The van der Waals surface area contributed by atoms with Gasteiger partial charge in [-0.3, -0.25) is 9.69 Å². The molecule has 2 saturated heterocycles. The van der Waals surface area contributed by atoms with Crippen molar-refractivity contribution in [2.24, 2.45) is 5.92 Å². The fraction of sp³-hybridized carbons (Fsp3) is 0.448. The minimum absolute atomic E-state index is 0.0241. The topological polar surface area (TPSA) is 111 Å². The highest BCUT2D eigenvalue weighted by Crippen LogP contribution is 2.31. The molecule has 2 aliphatic heterocycles. The Morgan fingerprint density at radius 1 is 1.18 bits per heavy atom. The van der Waals surface area contributed by atoms with E-state index in [0.717, 1.165) is 72.4 Å². The summed E-state index contributed by atoms with van der Waals surface area (Å²) < 4.78 is 18.5. The number of methoxy groups -OCH3 is 2. The number of imidazole rings is 2. The van der Waals surface area contributed by atoms with Crippen LogP contribution >= 0.6 is 0 Å². The zero-order chi connectivity index (χ0) is 27.6. The van der Waals surface area contributed by atoms with Crippen LogP contribution in [0, 0.1) is 12.8 Å². The van der Waals surface area contributed by atoms with E-state index in [0.29, 0.717) is 24.9 Å². The number of benzene rings is 1. The van der Waals surface area contributed by atoms with E-state index >= 15 is 0 Å². The van der Waals surface area contributed by atoms with Gasteiger partial charge in [0.2, 0.25) is 11.8 Å². The minimum atomic E-state index is -0.232. The average molecular weight is 546 g/mol. The van der Waals surface area contributed by atoms with Crippen molar-refractivity contribution in [2.75, 3.05) is 53.6 Å². The quantitative estimate of drug-likeness (QED) is 0.360. The van der Waals surface area contributed by atoms with Gasteiger partial charge in [0.25, 0.3) is 0 Å². The number of carbonyl (C=O) groups is 1. The molecule has 0 aliphatic carbocycles. The maximum absolute atomic E-state index is 14.0. The molecular weight excluding hydrogens is 510 g/mol. The van der Waals surface area contributed by atoms with Crippen molar-refractivity contribution in [3.63, 3.8) is 0 Å². The zero-order valence-corrected chi connectivity index (χ0v) is 23.2. The van der Waals surface area contributed by atoms with Gasteiger partial charge in [0.05, 0.1) is 49.3 Å². The summed E-state index contributed by atoms with van der Waals surface area (Å²) in [5.41, 5.74) is 3.35. The number of aromatic amines is 1. The number of nitrogens with one attached hydrogen (secondary N) is 1. The second-order valence-electron chi connectivity index (χ2n) is 10.4. The van der Waals surface area contributed by atoms with Crippen molar-refractivity contribution in [2.45, 2.75) is 25.9 Å². The molecule has 11 nitrogen and oxygen atoms in total. The summed E-state index contributed by atoms with van der Waals surface area (Å²) in [6.07, 6.45) is 4.57. The van der Waals surface area contributed by atoms with Crippen molar-refractivity contribution in [1.29, 1.82) is 0 Å². The van der Waals surface area contributed by atoms with E-state index in [1.807, 2.05) is 46.7 Å². The Hall–Kier alpha value is -3.96. The van der Waals surface area contributed by atoms with Gasteiger partial charge in [-0.25, -0.2) is 15.0 Å². The highest BCUT2D eigenvalue weighted by Gasteiger charge is 2.35. The third-order valence-corrected chi connectivity index (χ3v) is 7.93. The van der Waals surface area contributed by atoms with Gasteiger partial charge in [0.15, 0.2) is 0 Å². The standard InChI is InChI=1S/C29H35N7O4/c1-19-32-23-7-6-21(38-2)13-25(23)36(19)17-27(37)35-11-10-34(15-20-8-12-40-18-20)16-26(35)28-31-14-24(33-28)22-5-4-9-30-29(22)39-3/h4-7,9,13-14,20,26H,8,10-12,15-18H2,1-3H3,(H,31,33)/t20?,26-/m0/s1. The van der Waals surface area contributed by atoms with Crippen LogP contribution in [-0.2, 0) is 16.1 Å². The van der Waals surface area contributed by atoms with Crippen LogP contribution in [-0.4, -0.2) is 93.8 Å². The lowest BCUT2D eigenvalue weighted by Gasteiger charge is -2.41. The summed E-state index contributed by atoms with van der Waals surface area (Å²) in [6.45, 7) is 6.80. The molecule has 210 valence electrons. The average Bonchev–Trinajstić information content (AvgIpc) is 3.74. The number of carbonyl (C=O) groups excluding carboxylic acids is 1. The summed E-state index contributed by atoms with van der Waals surface area (Å²) in [6, 6.07) is 9.32. The Morgan fingerprint density at radius 3 is 2.88 bits per heavy atom. The van der Waals surface area contributed by atoms with Crippen LogP contribution in [0.3, 0.4) is 0 Å². The molecule has 0 radical (unpaired) electrons. The number of hydrogen-bond donors (Lipinski definition) is 1. The molecule has 0 saturated carbocycles. The number of hydrogen-bond acceptors (Lipinski definition) is 8. The fourth-order valence-corrected chi connectivity index (χ4v) is 5.81. The first kappa shape index (κ1) is 26.3. The molecule has 3 aromatic heterocycles. The monoisotopic (exact) mass is 545 g/mol. The summed E-state index contributed by atoms with van der Waals surface area (Å²) in [5.74, 6) is 3.33. The SMILES string of the molecule is COc1ccc2nc(C)n(CC(=O)N3CCN(CC4CCOC4)C[C@H]3c3ncc(-c4cccnc4OC)[nH]3)c2c1. The number of pyridine rings is 1. The second-order valence-corrected chi connectivity index (χ2v) is 10.4. The number of piperazine rings is 1. The van der Waals surface area contributed by atoms with E-state index in [1.165, 1.54) is 0 Å². The lowest BCUT2D eigenvalue weighted by atomic mass is 10.1. The van der Waals surface area contributed by atoms with Crippen molar-refractivity contribution < 1.29 is 19.0 Å². The van der Waals surface area contributed by atoms with E-state index in [-0.39, 0.29) is 18.5 Å². The normalized spacial score (nSPS) is 19.8.